The quantitative estimate of drug-likeness (QED) is 0.787. The van der Waals surface area contributed by atoms with Crippen molar-refractivity contribution < 1.29 is 8.42 Å². The molecule has 3 nitrogen and oxygen atoms in total. The van der Waals surface area contributed by atoms with E-state index in [9.17, 15) is 8.42 Å². The minimum absolute atomic E-state index is 0.0368. The number of thiophene rings is 1. The molecule has 0 saturated heterocycles. The lowest BCUT2D eigenvalue weighted by molar-refractivity contribution is 0.449. The van der Waals surface area contributed by atoms with E-state index in [2.05, 4.69) is 20.7 Å². The van der Waals surface area contributed by atoms with E-state index in [0.717, 1.165) is 11.3 Å². The van der Waals surface area contributed by atoms with Crippen molar-refractivity contribution in [3.8, 4) is 0 Å². The molecular weight excluding hydrogens is 369 g/mol. The zero-order chi connectivity index (χ0) is 13.3. The maximum absolute atomic E-state index is 12.1. The molecule has 1 aromatic rings. The van der Waals surface area contributed by atoms with Gasteiger partial charge < -0.3 is 0 Å². The van der Waals surface area contributed by atoms with E-state index >= 15 is 0 Å². The summed E-state index contributed by atoms with van der Waals surface area (Å²) in [4.78, 5) is 0.0368. The van der Waals surface area contributed by atoms with Crippen LogP contribution in [0.15, 0.2) is 11.0 Å². The van der Waals surface area contributed by atoms with Crippen molar-refractivity contribution in [2.24, 2.45) is 0 Å². The highest BCUT2D eigenvalue weighted by atomic mass is 79.9. The molecule has 1 N–H and O–H groups in total. The second kappa shape index (κ2) is 5.75. The van der Waals surface area contributed by atoms with E-state index in [1.54, 1.807) is 0 Å². The van der Waals surface area contributed by atoms with Crippen LogP contribution in [0.25, 0.3) is 0 Å². The third-order valence-corrected chi connectivity index (χ3v) is 7.00. The molecule has 17 heavy (non-hydrogen) atoms. The minimum Gasteiger partial charge on any atom is -0.207 e. The second-order valence-electron chi connectivity index (χ2n) is 3.84. The van der Waals surface area contributed by atoms with Crippen molar-refractivity contribution in [1.29, 1.82) is 0 Å². The Morgan fingerprint density at radius 1 is 1.53 bits per heavy atom. The van der Waals surface area contributed by atoms with Crippen molar-refractivity contribution in [1.82, 2.24) is 4.72 Å². The van der Waals surface area contributed by atoms with Crippen molar-refractivity contribution in [3.63, 3.8) is 0 Å². The molecule has 1 heterocycles. The Morgan fingerprint density at radius 2 is 2.12 bits per heavy atom. The summed E-state index contributed by atoms with van der Waals surface area (Å²) in [7, 11) is -3.64. The summed E-state index contributed by atoms with van der Waals surface area (Å²) >= 11 is 15.9. The van der Waals surface area contributed by atoms with Gasteiger partial charge in [0.2, 0.25) is 10.0 Å². The first-order chi connectivity index (χ1) is 7.74. The monoisotopic (exact) mass is 379 g/mol. The SMILES string of the molecule is CCC(C)(CBr)NS(=O)(=O)c1cc(Cl)sc1Cl. The lowest BCUT2D eigenvalue weighted by Gasteiger charge is -2.26. The van der Waals surface area contributed by atoms with Crippen molar-refractivity contribution in [2.75, 3.05) is 5.33 Å². The number of halogens is 3. The van der Waals surface area contributed by atoms with Crippen molar-refractivity contribution in [2.45, 2.75) is 30.7 Å². The number of nitrogens with one attached hydrogen (secondary N) is 1. The summed E-state index contributed by atoms with van der Waals surface area (Å²) in [6.45, 7) is 3.73. The summed E-state index contributed by atoms with van der Waals surface area (Å²) in [5, 5.41) is 0.519. The predicted octanol–water partition coefficient (Wildman–Crippen LogP) is 3.90. The predicted molar refractivity (Wildman–Crippen MR) is 77.2 cm³/mol. The van der Waals surface area contributed by atoms with E-state index in [4.69, 9.17) is 23.2 Å². The van der Waals surface area contributed by atoms with Crippen molar-refractivity contribution >= 4 is 60.5 Å². The molecule has 0 saturated carbocycles. The molecule has 0 fully saturated rings. The van der Waals surface area contributed by atoms with Gasteiger partial charge in [-0.3, -0.25) is 0 Å². The fourth-order valence-electron chi connectivity index (χ4n) is 1.08. The Morgan fingerprint density at radius 3 is 2.47 bits per heavy atom. The van der Waals surface area contributed by atoms with Crippen LogP contribution in [-0.4, -0.2) is 19.3 Å². The highest BCUT2D eigenvalue weighted by Crippen LogP contribution is 2.34. The lowest BCUT2D eigenvalue weighted by Crippen LogP contribution is -2.46. The van der Waals surface area contributed by atoms with Gasteiger partial charge in [0.05, 0.1) is 4.34 Å². The molecule has 0 bridgehead atoms. The van der Waals surface area contributed by atoms with Gasteiger partial charge in [0.15, 0.2) is 0 Å². The maximum Gasteiger partial charge on any atom is 0.243 e. The van der Waals surface area contributed by atoms with E-state index in [1.165, 1.54) is 6.07 Å². The highest BCUT2D eigenvalue weighted by molar-refractivity contribution is 9.09. The topological polar surface area (TPSA) is 46.2 Å². The molecular formula is C9H12BrCl2NO2S2. The Hall–Kier alpha value is 0.670. The molecule has 0 radical (unpaired) electrons. The molecule has 0 spiro atoms. The summed E-state index contributed by atoms with van der Waals surface area (Å²) < 4.78 is 27.4. The van der Waals surface area contributed by atoms with Crippen LogP contribution in [0.5, 0.6) is 0 Å². The molecule has 1 rings (SSSR count). The van der Waals surface area contributed by atoms with E-state index in [0.29, 0.717) is 16.1 Å². The van der Waals surface area contributed by atoms with Gasteiger partial charge >= 0.3 is 0 Å². The molecule has 0 aromatic carbocycles. The standard InChI is InChI=1S/C9H12BrCl2NO2S2/c1-3-9(2,5-10)13-17(14,15)6-4-7(11)16-8(6)12/h4,13H,3,5H2,1-2H3. The van der Waals surface area contributed by atoms with Gasteiger partial charge in [0.1, 0.15) is 9.23 Å². The van der Waals surface area contributed by atoms with Crippen LogP contribution < -0.4 is 4.72 Å². The van der Waals surface area contributed by atoms with Crippen LogP contribution in [0.3, 0.4) is 0 Å². The number of hydrogen-bond donors (Lipinski definition) is 1. The van der Waals surface area contributed by atoms with Crippen molar-refractivity contribution in [3.05, 3.63) is 14.7 Å². The Bertz CT molecular complexity index is 497. The van der Waals surface area contributed by atoms with Gasteiger partial charge in [0.25, 0.3) is 0 Å². The number of sulfonamides is 1. The molecule has 1 atom stereocenters. The minimum atomic E-state index is -3.64. The molecule has 8 heteroatoms. The number of hydrogen-bond acceptors (Lipinski definition) is 3. The highest BCUT2D eigenvalue weighted by Gasteiger charge is 2.30. The zero-order valence-corrected chi connectivity index (χ0v) is 14.0. The van der Waals surface area contributed by atoms with Crippen LogP contribution in [-0.2, 0) is 10.0 Å². The smallest absolute Gasteiger partial charge is 0.207 e. The Kier molecular flexibility index (Phi) is 5.32. The molecule has 0 aliphatic heterocycles. The fraction of sp³-hybridized carbons (Fsp3) is 0.556. The van der Waals surface area contributed by atoms with E-state index in [1.807, 2.05) is 13.8 Å². The van der Waals surface area contributed by atoms with Gasteiger partial charge in [-0.25, -0.2) is 13.1 Å². The fourth-order valence-corrected chi connectivity index (χ4v) is 5.43. The normalized spacial score (nSPS) is 15.8. The Balaban J connectivity index is 3.09. The summed E-state index contributed by atoms with van der Waals surface area (Å²) in [6, 6.07) is 1.36. The lowest BCUT2D eigenvalue weighted by atomic mass is 10.0. The van der Waals surface area contributed by atoms with Crippen LogP contribution >= 0.6 is 50.5 Å². The van der Waals surface area contributed by atoms with E-state index in [-0.39, 0.29) is 9.23 Å². The molecule has 0 aliphatic rings. The second-order valence-corrected chi connectivity index (χ2v) is 8.34. The number of rotatable bonds is 5. The zero-order valence-electron chi connectivity index (χ0n) is 9.26. The van der Waals surface area contributed by atoms with Crippen LogP contribution in [0.2, 0.25) is 8.67 Å². The van der Waals surface area contributed by atoms with Gasteiger partial charge in [-0.2, -0.15) is 0 Å². The summed E-state index contributed by atoms with van der Waals surface area (Å²) in [5.41, 5.74) is -0.545. The third kappa shape index (κ3) is 3.81. The molecule has 1 unspecified atom stereocenters. The first kappa shape index (κ1) is 15.7. The van der Waals surface area contributed by atoms with Gasteiger partial charge in [-0.05, 0) is 19.4 Å². The third-order valence-electron chi connectivity index (χ3n) is 2.37. The molecule has 98 valence electrons. The molecule has 1 aromatic heterocycles. The van der Waals surface area contributed by atoms with Crippen LogP contribution in [0.1, 0.15) is 20.3 Å². The summed E-state index contributed by atoms with van der Waals surface area (Å²) in [5.74, 6) is 0. The molecule has 0 aliphatic carbocycles. The number of alkyl halides is 1. The Labute approximate surface area is 124 Å². The van der Waals surface area contributed by atoms with Gasteiger partial charge in [-0.1, -0.05) is 46.1 Å². The first-order valence-electron chi connectivity index (χ1n) is 4.79. The van der Waals surface area contributed by atoms with Crippen LogP contribution in [0.4, 0.5) is 0 Å². The maximum atomic E-state index is 12.1. The average molecular weight is 381 g/mol. The average Bonchev–Trinajstić information content (AvgIpc) is 2.58. The largest absolute Gasteiger partial charge is 0.243 e. The van der Waals surface area contributed by atoms with Gasteiger partial charge in [0, 0.05) is 10.9 Å². The van der Waals surface area contributed by atoms with Gasteiger partial charge in [-0.15, -0.1) is 11.3 Å². The first-order valence-corrected chi connectivity index (χ1v) is 8.96. The van der Waals surface area contributed by atoms with Crippen LogP contribution in [0, 0.1) is 0 Å². The van der Waals surface area contributed by atoms with E-state index < -0.39 is 15.6 Å². The summed E-state index contributed by atoms with van der Waals surface area (Å²) in [6.07, 6.45) is 0.660. The molecule has 0 amide bonds.